The van der Waals surface area contributed by atoms with Gasteiger partial charge in [-0.3, -0.25) is 9.69 Å². The summed E-state index contributed by atoms with van der Waals surface area (Å²) < 4.78 is 38.2. The van der Waals surface area contributed by atoms with Gasteiger partial charge >= 0.3 is 0 Å². The Morgan fingerprint density at radius 3 is 2.68 bits per heavy atom. The fraction of sp³-hybridized carbons (Fsp3) is 0.708. The van der Waals surface area contributed by atoms with Gasteiger partial charge in [0.1, 0.15) is 5.60 Å². The number of carbonyl (C=O) groups is 1. The highest BCUT2D eigenvalue weighted by molar-refractivity contribution is 5.79. The lowest BCUT2D eigenvalue weighted by molar-refractivity contribution is -0.151. The van der Waals surface area contributed by atoms with Gasteiger partial charge in [-0.2, -0.15) is 0 Å². The van der Waals surface area contributed by atoms with E-state index in [9.17, 15) is 13.6 Å². The van der Waals surface area contributed by atoms with Crippen LogP contribution < -0.4 is 5.32 Å². The molecule has 1 saturated carbocycles. The molecule has 2 atom stereocenters. The molecule has 0 aromatic heterocycles. The maximum atomic E-state index is 13.0. The molecule has 3 fully saturated rings. The number of halogens is 2. The fourth-order valence-electron chi connectivity index (χ4n) is 4.85. The first-order valence-electron chi connectivity index (χ1n) is 11.5. The molecule has 1 aromatic carbocycles. The maximum Gasteiger partial charge on any atom is 0.249 e. The molecule has 2 saturated heterocycles. The van der Waals surface area contributed by atoms with Crippen molar-refractivity contribution >= 4 is 5.91 Å². The summed E-state index contributed by atoms with van der Waals surface area (Å²) in [4.78, 5) is 14.5. The Balaban J connectivity index is 1.28. The van der Waals surface area contributed by atoms with Crippen LogP contribution in [-0.2, 0) is 20.8 Å². The van der Waals surface area contributed by atoms with E-state index < -0.39 is 11.8 Å². The van der Waals surface area contributed by atoms with Gasteiger partial charge < -0.3 is 14.8 Å². The average molecular weight is 437 g/mol. The van der Waals surface area contributed by atoms with Gasteiger partial charge in [0.05, 0.1) is 19.3 Å². The van der Waals surface area contributed by atoms with Gasteiger partial charge in [0.2, 0.25) is 11.8 Å². The molecule has 2 aliphatic heterocycles. The zero-order valence-electron chi connectivity index (χ0n) is 18.5. The molecule has 0 bridgehead atoms. The number of ether oxygens (including phenoxy) is 2. The second-order valence-electron chi connectivity index (χ2n) is 9.83. The summed E-state index contributed by atoms with van der Waals surface area (Å²) in [6, 6.07) is 8.80. The number of rotatable bonds is 6. The number of benzene rings is 1. The lowest BCUT2D eigenvalue weighted by Crippen LogP contribution is -2.47. The molecule has 1 amide bonds. The van der Waals surface area contributed by atoms with Crippen molar-refractivity contribution < 1.29 is 23.0 Å². The molecule has 1 N–H and O–H groups in total. The Hall–Kier alpha value is -1.57. The first kappa shape index (κ1) is 22.6. The van der Waals surface area contributed by atoms with Gasteiger partial charge in [-0.25, -0.2) is 8.78 Å². The minimum atomic E-state index is -2.67. The molecule has 4 rings (SSSR count). The molecule has 31 heavy (non-hydrogen) atoms. The second-order valence-corrected chi connectivity index (χ2v) is 9.83. The normalized spacial score (nSPS) is 29.1. The smallest absolute Gasteiger partial charge is 0.249 e. The van der Waals surface area contributed by atoms with Crippen LogP contribution in [0.4, 0.5) is 8.78 Å². The Labute approximate surface area is 183 Å². The molecule has 2 heterocycles. The molecule has 0 radical (unpaired) electrons. The summed E-state index contributed by atoms with van der Waals surface area (Å²) in [5.74, 6) is -3.00. The first-order valence-corrected chi connectivity index (χ1v) is 11.5. The van der Waals surface area contributed by atoms with Gasteiger partial charge in [-0.15, -0.1) is 0 Å². The highest BCUT2D eigenvalue weighted by Gasteiger charge is 2.49. The second kappa shape index (κ2) is 9.12. The van der Waals surface area contributed by atoms with Crippen molar-refractivity contribution in [2.45, 2.75) is 69.6 Å². The van der Waals surface area contributed by atoms with Gasteiger partial charge in [-0.05, 0) is 29.9 Å². The minimum absolute atomic E-state index is 0.0987. The molecule has 0 unspecified atom stereocenters. The Morgan fingerprint density at radius 1 is 1.26 bits per heavy atom. The van der Waals surface area contributed by atoms with E-state index in [1.807, 2.05) is 0 Å². The zero-order chi connectivity index (χ0) is 22.1. The van der Waals surface area contributed by atoms with Crippen LogP contribution in [-0.4, -0.2) is 61.3 Å². The third kappa shape index (κ3) is 5.62. The van der Waals surface area contributed by atoms with Crippen LogP contribution in [0, 0.1) is 5.92 Å². The van der Waals surface area contributed by atoms with Crippen LogP contribution in [0.15, 0.2) is 24.3 Å². The summed E-state index contributed by atoms with van der Waals surface area (Å²) >= 11 is 0. The van der Waals surface area contributed by atoms with Crippen molar-refractivity contribution in [3.8, 4) is 0 Å². The number of amides is 1. The summed E-state index contributed by atoms with van der Waals surface area (Å²) in [6.45, 7) is 8.49. The number of nitrogens with zero attached hydrogens (tertiary/aromatic N) is 1. The summed E-state index contributed by atoms with van der Waals surface area (Å²) in [5.41, 5.74) is 2.25. The van der Waals surface area contributed by atoms with Gasteiger partial charge in [0.15, 0.2) is 0 Å². The molecule has 1 aliphatic carbocycles. The SMILES string of the molecule is CC(C)c1ccc(CN2CCOC[C@@]3(CC[C@H](CNC(=O)C4CC(F)(F)C4)O3)C2)cc1. The first-order chi connectivity index (χ1) is 14.7. The van der Waals surface area contributed by atoms with Gasteiger partial charge in [0, 0.05) is 44.9 Å². The Kier molecular flexibility index (Phi) is 6.65. The minimum Gasteiger partial charge on any atom is -0.377 e. The van der Waals surface area contributed by atoms with Crippen LogP contribution >= 0.6 is 0 Å². The molecule has 3 aliphatic rings. The predicted molar refractivity (Wildman–Crippen MR) is 114 cm³/mol. The predicted octanol–water partition coefficient (Wildman–Crippen LogP) is 3.72. The number of nitrogens with one attached hydrogen (secondary N) is 1. The van der Waals surface area contributed by atoms with E-state index >= 15 is 0 Å². The number of hydrogen-bond acceptors (Lipinski definition) is 4. The average Bonchev–Trinajstić information content (AvgIpc) is 2.99. The summed E-state index contributed by atoms with van der Waals surface area (Å²) in [6.07, 6.45) is 0.933. The van der Waals surface area contributed by atoms with E-state index in [1.54, 1.807) is 0 Å². The molecule has 1 aromatic rings. The van der Waals surface area contributed by atoms with E-state index in [1.165, 1.54) is 11.1 Å². The molecule has 7 heteroatoms. The number of hydrogen-bond donors (Lipinski definition) is 1. The molecule has 5 nitrogen and oxygen atoms in total. The number of carbonyl (C=O) groups excluding carboxylic acids is 1. The molecule has 1 spiro atoms. The van der Waals surface area contributed by atoms with Crippen molar-refractivity contribution in [2.75, 3.05) is 32.8 Å². The summed E-state index contributed by atoms with van der Waals surface area (Å²) in [5, 5.41) is 2.82. The quantitative estimate of drug-likeness (QED) is 0.739. The zero-order valence-corrected chi connectivity index (χ0v) is 18.5. The van der Waals surface area contributed by atoms with Crippen LogP contribution in [0.5, 0.6) is 0 Å². The molecular weight excluding hydrogens is 402 g/mol. The lowest BCUT2D eigenvalue weighted by Gasteiger charge is -2.34. The lowest BCUT2D eigenvalue weighted by atomic mass is 9.81. The highest BCUT2D eigenvalue weighted by atomic mass is 19.3. The van der Waals surface area contributed by atoms with Crippen molar-refractivity contribution in [2.24, 2.45) is 5.92 Å². The van der Waals surface area contributed by atoms with Gasteiger partial charge in [0.25, 0.3) is 0 Å². The largest absolute Gasteiger partial charge is 0.377 e. The Morgan fingerprint density at radius 2 is 2.00 bits per heavy atom. The van der Waals surface area contributed by atoms with Crippen molar-refractivity contribution in [1.29, 1.82) is 0 Å². The van der Waals surface area contributed by atoms with Gasteiger partial charge in [-0.1, -0.05) is 38.1 Å². The third-order valence-corrected chi connectivity index (χ3v) is 6.78. The Bertz CT molecular complexity index is 763. The van der Waals surface area contributed by atoms with Crippen molar-refractivity contribution in [3.63, 3.8) is 0 Å². The van der Waals surface area contributed by atoms with Crippen molar-refractivity contribution in [3.05, 3.63) is 35.4 Å². The van der Waals surface area contributed by atoms with Crippen LogP contribution in [0.2, 0.25) is 0 Å². The molecular formula is C24H34F2N2O3. The summed E-state index contributed by atoms with van der Waals surface area (Å²) in [7, 11) is 0. The maximum absolute atomic E-state index is 13.0. The van der Waals surface area contributed by atoms with E-state index in [4.69, 9.17) is 9.47 Å². The topological polar surface area (TPSA) is 50.8 Å². The monoisotopic (exact) mass is 436 g/mol. The standard InChI is InChI=1S/C24H34F2N2O3/c1-17(2)19-5-3-18(4-6-19)14-28-9-10-30-16-23(15-28)8-7-21(31-23)13-27-22(29)20-11-24(25,26)12-20/h3-6,17,20-21H,7-16H2,1-2H3,(H,27,29)/t21-,23-/m1/s1. The third-order valence-electron chi connectivity index (χ3n) is 6.78. The molecule has 172 valence electrons. The van der Waals surface area contributed by atoms with E-state index in [2.05, 4.69) is 48.3 Å². The van der Waals surface area contributed by atoms with E-state index in [0.29, 0.717) is 25.7 Å². The van der Waals surface area contributed by atoms with Crippen LogP contribution in [0.3, 0.4) is 0 Å². The van der Waals surface area contributed by atoms with Crippen molar-refractivity contribution in [1.82, 2.24) is 10.2 Å². The van der Waals surface area contributed by atoms with E-state index in [0.717, 1.165) is 32.5 Å². The fourth-order valence-corrected chi connectivity index (χ4v) is 4.85. The van der Waals surface area contributed by atoms with Crippen LogP contribution in [0.25, 0.3) is 0 Å². The van der Waals surface area contributed by atoms with Crippen LogP contribution in [0.1, 0.15) is 56.6 Å². The highest BCUT2D eigenvalue weighted by Crippen LogP contribution is 2.42. The van der Waals surface area contributed by atoms with E-state index in [-0.39, 0.29) is 30.5 Å². The number of alkyl halides is 2.